The molecule has 15 heavy (non-hydrogen) atoms. The SMILES string of the molecule is CC(C(N)=S)N(C)C(=O)c1ccncc1. The van der Waals surface area contributed by atoms with Crippen molar-refractivity contribution in [1.29, 1.82) is 0 Å². The fraction of sp³-hybridized carbons (Fsp3) is 0.300. The van der Waals surface area contributed by atoms with Crippen molar-refractivity contribution < 1.29 is 4.79 Å². The summed E-state index contributed by atoms with van der Waals surface area (Å²) in [5.41, 5.74) is 6.06. The van der Waals surface area contributed by atoms with Gasteiger partial charge < -0.3 is 10.6 Å². The lowest BCUT2D eigenvalue weighted by Crippen LogP contribution is -2.42. The molecule has 0 spiro atoms. The van der Waals surface area contributed by atoms with Crippen LogP contribution in [0, 0.1) is 0 Å². The summed E-state index contributed by atoms with van der Waals surface area (Å²) in [5.74, 6) is -0.113. The van der Waals surface area contributed by atoms with Gasteiger partial charge >= 0.3 is 0 Å². The van der Waals surface area contributed by atoms with E-state index in [4.69, 9.17) is 18.0 Å². The second-order valence-corrected chi connectivity index (χ2v) is 3.70. The lowest BCUT2D eigenvalue weighted by Gasteiger charge is -2.23. The number of nitrogens with zero attached hydrogens (tertiary/aromatic N) is 2. The third kappa shape index (κ3) is 2.73. The Morgan fingerprint density at radius 2 is 2.07 bits per heavy atom. The van der Waals surface area contributed by atoms with E-state index in [1.165, 1.54) is 4.90 Å². The van der Waals surface area contributed by atoms with E-state index in [1.807, 2.05) is 0 Å². The molecule has 0 saturated heterocycles. The van der Waals surface area contributed by atoms with Gasteiger partial charge in [-0.15, -0.1) is 0 Å². The summed E-state index contributed by atoms with van der Waals surface area (Å²) in [6.45, 7) is 1.79. The van der Waals surface area contributed by atoms with Crippen LogP contribution in [-0.4, -0.2) is 33.9 Å². The van der Waals surface area contributed by atoms with Crippen LogP contribution in [0.5, 0.6) is 0 Å². The summed E-state index contributed by atoms with van der Waals surface area (Å²) in [7, 11) is 1.67. The zero-order chi connectivity index (χ0) is 11.4. The lowest BCUT2D eigenvalue weighted by atomic mass is 10.2. The highest BCUT2D eigenvalue weighted by molar-refractivity contribution is 7.80. The summed E-state index contributed by atoms with van der Waals surface area (Å²) in [4.78, 5) is 17.5. The Labute approximate surface area is 94.1 Å². The molecular weight excluding hydrogens is 210 g/mol. The Kier molecular flexibility index (Phi) is 3.74. The molecule has 1 aromatic heterocycles. The van der Waals surface area contributed by atoms with Crippen molar-refractivity contribution >= 4 is 23.1 Å². The van der Waals surface area contributed by atoms with Gasteiger partial charge in [-0.25, -0.2) is 0 Å². The van der Waals surface area contributed by atoms with Crippen molar-refractivity contribution in [3.8, 4) is 0 Å². The average molecular weight is 223 g/mol. The number of hydrogen-bond acceptors (Lipinski definition) is 3. The first kappa shape index (κ1) is 11.6. The normalized spacial score (nSPS) is 11.9. The van der Waals surface area contributed by atoms with Crippen LogP contribution in [0.15, 0.2) is 24.5 Å². The van der Waals surface area contributed by atoms with Crippen molar-refractivity contribution in [2.45, 2.75) is 13.0 Å². The Hall–Kier alpha value is -1.49. The highest BCUT2D eigenvalue weighted by Gasteiger charge is 2.18. The summed E-state index contributed by atoms with van der Waals surface area (Å²) in [6, 6.07) is 3.07. The minimum absolute atomic E-state index is 0.113. The molecule has 80 valence electrons. The van der Waals surface area contributed by atoms with Crippen LogP contribution in [0.1, 0.15) is 17.3 Å². The molecule has 4 nitrogen and oxygen atoms in total. The van der Waals surface area contributed by atoms with Crippen LogP contribution in [0.25, 0.3) is 0 Å². The maximum absolute atomic E-state index is 11.9. The van der Waals surface area contributed by atoms with E-state index in [9.17, 15) is 4.79 Å². The lowest BCUT2D eigenvalue weighted by molar-refractivity contribution is 0.0779. The maximum atomic E-state index is 11.9. The van der Waals surface area contributed by atoms with E-state index >= 15 is 0 Å². The number of pyridine rings is 1. The largest absolute Gasteiger partial charge is 0.392 e. The minimum Gasteiger partial charge on any atom is -0.392 e. The monoisotopic (exact) mass is 223 g/mol. The number of amides is 1. The van der Waals surface area contributed by atoms with Crippen molar-refractivity contribution in [2.24, 2.45) is 5.73 Å². The minimum atomic E-state index is -0.249. The van der Waals surface area contributed by atoms with Crippen molar-refractivity contribution in [3.63, 3.8) is 0 Å². The van der Waals surface area contributed by atoms with Crippen molar-refractivity contribution in [2.75, 3.05) is 7.05 Å². The predicted molar refractivity (Wildman–Crippen MR) is 62.6 cm³/mol. The third-order valence-corrected chi connectivity index (χ3v) is 2.58. The Balaban J connectivity index is 2.82. The van der Waals surface area contributed by atoms with Crippen molar-refractivity contribution in [1.82, 2.24) is 9.88 Å². The number of thiocarbonyl (C=S) groups is 1. The van der Waals surface area contributed by atoms with Crippen LogP contribution in [0.2, 0.25) is 0 Å². The van der Waals surface area contributed by atoms with Gasteiger partial charge in [-0.05, 0) is 19.1 Å². The molecule has 0 bridgehead atoms. The highest BCUT2D eigenvalue weighted by Crippen LogP contribution is 2.05. The summed E-state index contributed by atoms with van der Waals surface area (Å²) < 4.78 is 0. The molecule has 1 atom stereocenters. The number of hydrogen-bond donors (Lipinski definition) is 1. The molecule has 1 aromatic rings. The molecule has 2 N–H and O–H groups in total. The van der Waals surface area contributed by atoms with E-state index in [2.05, 4.69) is 4.98 Å². The van der Waals surface area contributed by atoms with E-state index in [1.54, 1.807) is 38.5 Å². The third-order valence-electron chi connectivity index (χ3n) is 2.24. The molecular formula is C10H13N3OS. The highest BCUT2D eigenvalue weighted by atomic mass is 32.1. The van der Waals surface area contributed by atoms with Crippen LogP contribution in [0.3, 0.4) is 0 Å². The maximum Gasteiger partial charge on any atom is 0.254 e. The second-order valence-electron chi connectivity index (χ2n) is 3.23. The smallest absolute Gasteiger partial charge is 0.254 e. The number of likely N-dealkylation sites (N-methyl/N-ethyl adjacent to an activating group) is 1. The number of carbonyl (C=O) groups is 1. The summed E-state index contributed by atoms with van der Waals surface area (Å²) in [6.07, 6.45) is 3.15. The van der Waals surface area contributed by atoms with E-state index in [0.29, 0.717) is 10.6 Å². The predicted octanol–water partition coefficient (Wildman–Crippen LogP) is 0.828. The fourth-order valence-electron chi connectivity index (χ4n) is 1.06. The first-order valence-electron chi connectivity index (χ1n) is 4.50. The average Bonchev–Trinajstić information content (AvgIpc) is 2.27. The second kappa shape index (κ2) is 4.84. The van der Waals surface area contributed by atoms with Gasteiger partial charge in [-0.1, -0.05) is 12.2 Å². The van der Waals surface area contributed by atoms with Gasteiger partial charge in [0.25, 0.3) is 5.91 Å². The molecule has 5 heteroatoms. The Morgan fingerprint density at radius 3 is 2.53 bits per heavy atom. The van der Waals surface area contributed by atoms with Crippen LogP contribution >= 0.6 is 12.2 Å². The quantitative estimate of drug-likeness (QED) is 0.771. The van der Waals surface area contributed by atoms with Crippen LogP contribution in [-0.2, 0) is 0 Å². The van der Waals surface area contributed by atoms with Gasteiger partial charge in [0, 0.05) is 25.0 Å². The molecule has 1 heterocycles. The number of aromatic nitrogens is 1. The molecule has 0 aromatic carbocycles. The molecule has 0 fully saturated rings. The number of carbonyl (C=O) groups excluding carboxylic acids is 1. The zero-order valence-corrected chi connectivity index (χ0v) is 9.49. The molecule has 0 aliphatic heterocycles. The molecule has 1 amide bonds. The zero-order valence-electron chi connectivity index (χ0n) is 8.68. The molecule has 0 aliphatic rings. The fourth-order valence-corrected chi connectivity index (χ4v) is 1.22. The van der Waals surface area contributed by atoms with Gasteiger partial charge in [0.15, 0.2) is 0 Å². The van der Waals surface area contributed by atoms with Gasteiger partial charge in [-0.2, -0.15) is 0 Å². The first-order valence-corrected chi connectivity index (χ1v) is 4.91. The van der Waals surface area contributed by atoms with Gasteiger partial charge in [-0.3, -0.25) is 9.78 Å². The van der Waals surface area contributed by atoms with Gasteiger partial charge in [0.2, 0.25) is 0 Å². The standard InChI is InChI=1S/C10H13N3OS/c1-7(9(11)15)13(2)10(14)8-3-5-12-6-4-8/h3-7H,1-2H3,(H2,11,15). The molecule has 1 unspecified atom stereocenters. The van der Waals surface area contributed by atoms with Gasteiger partial charge in [0.1, 0.15) is 0 Å². The topological polar surface area (TPSA) is 59.2 Å². The molecule has 0 radical (unpaired) electrons. The number of nitrogens with two attached hydrogens (primary N) is 1. The Bertz CT molecular complexity index is 366. The Morgan fingerprint density at radius 1 is 1.53 bits per heavy atom. The summed E-state index contributed by atoms with van der Waals surface area (Å²) in [5, 5.41) is 0. The van der Waals surface area contributed by atoms with E-state index in [-0.39, 0.29) is 11.9 Å². The number of rotatable bonds is 3. The summed E-state index contributed by atoms with van der Waals surface area (Å²) >= 11 is 4.84. The van der Waals surface area contributed by atoms with Gasteiger partial charge in [0.05, 0.1) is 11.0 Å². The van der Waals surface area contributed by atoms with Crippen LogP contribution < -0.4 is 5.73 Å². The van der Waals surface area contributed by atoms with Crippen LogP contribution in [0.4, 0.5) is 0 Å². The van der Waals surface area contributed by atoms with E-state index < -0.39 is 0 Å². The van der Waals surface area contributed by atoms with Crippen molar-refractivity contribution in [3.05, 3.63) is 30.1 Å². The molecule has 1 rings (SSSR count). The first-order chi connectivity index (χ1) is 7.04. The molecule has 0 saturated carbocycles. The van der Waals surface area contributed by atoms with E-state index in [0.717, 1.165) is 0 Å². The molecule has 0 aliphatic carbocycles.